The first-order valence-corrected chi connectivity index (χ1v) is 9.54. The van der Waals surface area contributed by atoms with Crippen molar-refractivity contribution in [1.82, 2.24) is 24.8 Å². The van der Waals surface area contributed by atoms with Gasteiger partial charge in [0.15, 0.2) is 5.78 Å². The molecule has 0 unspecified atom stereocenters. The number of aromatic nitrogens is 5. The first-order valence-electron chi connectivity index (χ1n) is 9.54. The molecule has 0 fully saturated rings. The number of rotatable bonds is 7. The summed E-state index contributed by atoms with van der Waals surface area (Å²) in [4.78, 5) is 14.3. The average Bonchev–Trinajstić information content (AvgIpc) is 3.37. The van der Waals surface area contributed by atoms with Gasteiger partial charge in [0.05, 0.1) is 12.5 Å². The molecule has 29 heavy (non-hydrogen) atoms. The number of fused-ring (bicyclic) bond motifs is 1. The number of para-hydroxylation sites is 1. The number of hydrogen-bond acceptors (Lipinski definition) is 5. The molecule has 0 radical (unpaired) electrons. The molecule has 7 nitrogen and oxygen atoms in total. The number of ketones is 1. The molecule has 0 N–H and O–H groups in total. The molecule has 4 rings (SSSR count). The van der Waals surface area contributed by atoms with Gasteiger partial charge in [0.2, 0.25) is 5.82 Å². The molecule has 2 aromatic heterocycles. The Hall–Kier alpha value is -3.79. The Labute approximate surface area is 168 Å². The molecule has 0 saturated carbocycles. The Morgan fingerprint density at radius 1 is 1.14 bits per heavy atom. The van der Waals surface area contributed by atoms with Gasteiger partial charge in [0, 0.05) is 34.8 Å². The third-order valence-corrected chi connectivity index (χ3v) is 4.91. The fourth-order valence-electron chi connectivity index (χ4n) is 3.35. The zero-order valence-electron chi connectivity index (χ0n) is 16.1. The lowest BCUT2D eigenvalue weighted by molar-refractivity contribution is 0.0963. The highest BCUT2D eigenvalue weighted by Gasteiger charge is 2.17. The summed E-state index contributed by atoms with van der Waals surface area (Å²) in [5, 5.41) is 22.2. The summed E-state index contributed by atoms with van der Waals surface area (Å²) < 4.78 is 1.95. The Balaban J connectivity index is 1.57. The molecule has 0 aliphatic carbocycles. The molecule has 2 heterocycles. The van der Waals surface area contributed by atoms with Crippen molar-refractivity contribution in [2.75, 3.05) is 0 Å². The monoisotopic (exact) mass is 384 g/mol. The van der Waals surface area contributed by atoms with Gasteiger partial charge in [0.25, 0.3) is 0 Å². The Bertz CT molecular complexity index is 1200. The highest BCUT2D eigenvalue weighted by atomic mass is 16.1. The predicted molar refractivity (Wildman–Crippen MR) is 109 cm³/mol. The minimum atomic E-state index is -0.0952. The third-order valence-electron chi connectivity index (χ3n) is 4.91. The van der Waals surface area contributed by atoms with E-state index in [0.717, 1.165) is 22.9 Å². The van der Waals surface area contributed by atoms with E-state index in [1.165, 1.54) is 10.4 Å². The number of carbonyl (C=O) groups is 1. The van der Waals surface area contributed by atoms with Crippen LogP contribution >= 0.6 is 0 Å². The fourth-order valence-corrected chi connectivity index (χ4v) is 3.35. The van der Waals surface area contributed by atoms with E-state index in [0.29, 0.717) is 24.4 Å². The van der Waals surface area contributed by atoms with Crippen LogP contribution < -0.4 is 0 Å². The Morgan fingerprint density at radius 2 is 1.93 bits per heavy atom. The summed E-state index contributed by atoms with van der Waals surface area (Å²) in [5.74, 6) is 0.402. The van der Waals surface area contributed by atoms with E-state index < -0.39 is 0 Å². The number of benzene rings is 2. The first-order chi connectivity index (χ1) is 14.2. The minimum Gasteiger partial charge on any atom is -0.346 e. The van der Waals surface area contributed by atoms with E-state index in [2.05, 4.69) is 28.4 Å². The van der Waals surface area contributed by atoms with Crippen LogP contribution in [0.2, 0.25) is 0 Å². The summed E-state index contributed by atoms with van der Waals surface area (Å²) in [6, 6.07) is 17.8. The number of aryl methyl sites for hydroxylation is 2. The quantitative estimate of drug-likeness (QED) is 0.454. The van der Waals surface area contributed by atoms with Gasteiger partial charge >= 0.3 is 0 Å². The maximum Gasteiger partial charge on any atom is 0.204 e. The second-order valence-electron chi connectivity index (χ2n) is 6.78. The summed E-state index contributed by atoms with van der Waals surface area (Å²) in [5.41, 5.74) is 3.65. The van der Waals surface area contributed by atoms with Crippen LogP contribution in [0.15, 0.2) is 54.7 Å². The van der Waals surface area contributed by atoms with Crippen molar-refractivity contribution < 1.29 is 4.79 Å². The first kappa shape index (κ1) is 18.6. The van der Waals surface area contributed by atoms with Gasteiger partial charge in [-0.15, -0.1) is 10.2 Å². The second kappa shape index (κ2) is 8.07. The van der Waals surface area contributed by atoms with Crippen LogP contribution in [-0.4, -0.2) is 30.6 Å². The van der Waals surface area contributed by atoms with Crippen molar-refractivity contribution >= 4 is 16.7 Å². The van der Waals surface area contributed by atoms with E-state index in [1.807, 2.05) is 59.3 Å². The number of nitriles is 1. The molecular weight excluding hydrogens is 364 g/mol. The molecule has 0 amide bonds. The average molecular weight is 384 g/mol. The minimum absolute atomic E-state index is 0.00625. The van der Waals surface area contributed by atoms with Crippen LogP contribution in [0.4, 0.5) is 0 Å². The number of tetrazole rings is 1. The van der Waals surface area contributed by atoms with Gasteiger partial charge in [-0.25, -0.2) is 0 Å². The topological polar surface area (TPSA) is 89.4 Å². The summed E-state index contributed by atoms with van der Waals surface area (Å²) in [6.07, 6.45) is 3.17. The molecule has 7 heteroatoms. The van der Waals surface area contributed by atoms with Crippen molar-refractivity contribution in [1.29, 1.82) is 5.26 Å². The molecule has 0 aliphatic heterocycles. The summed E-state index contributed by atoms with van der Waals surface area (Å²) in [6.45, 7) is 2.66. The van der Waals surface area contributed by atoms with E-state index in [9.17, 15) is 4.79 Å². The SMILES string of the molecule is CCc1ccc(-c2nnn(CC(=O)c3cn(CCC#N)c4ccccc34)n2)cc1. The fraction of sp³-hybridized carbons (Fsp3) is 0.227. The van der Waals surface area contributed by atoms with E-state index in [-0.39, 0.29) is 12.3 Å². The van der Waals surface area contributed by atoms with Crippen molar-refractivity contribution in [2.45, 2.75) is 32.9 Å². The van der Waals surface area contributed by atoms with Gasteiger partial charge in [0.1, 0.15) is 6.54 Å². The normalized spacial score (nSPS) is 10.9. The largest absolute Gasteiger partial charge is 0.346 e. The molecule has 0 bridgehead atoms. The summed E-state index contributed by atoms with van der Waals surface area (Å²) >= 11 is 0. The molecular formula is C22H20N6O. The van der Waals surface area contributed by atoms with Gasteiger partial charge in [-0.1, -0.05) is 49.4 Å². The number of carbonyl (C=O) groups excluding carboxylic acids is 1. The molecule has 0 saturated heterocycles. The number of Topliss-reactive ketones (excluding diaryl/α,β-unsaturated/α-hetero) is 1. The highest BCUT2D eigenvalue weighted by Crippen LogP contribution is 2.23. The van der Waals surface area contributed by atoms with Gasteiger partial charge < -0.3 is 4.57 Å². The highest BCUT2D eigenvalue weighted by molar-refractivity contribution is 6.07. The Morgan fingerprint density at radius 3 is 2.69 bits per heavy atom. The van der Waals surface area contributed by atoms with E-state index >= 15 is 0 Å². The van der Waals surface area contributed by atoms with Crippen molar-refractivity contribution in [2.24, 2.45) is 0 Å². The molecule has 0 spiro atoms. The lowest BCUT2D eigenvalue weighted by atomic mass is 10.1. The second-order valence-corrected chi connectivity index (χ2v) is 6.78. The van der Waals surface area contributed by atoms with Crippen LogP contribution in [0.25, 0.3) is 22.3 Å². The van der Waals surface area contributed by atoms with E-state index in [1.54, 1.807) is 0 Å². The lowest BCUT2D eigenvalue weighted by Gasteiger charge is -2.00. The predicted octanol–water partition coefficient (Wildman–Crippen LogP) is 3.65. The third kappa shape index (κ3) is 3.78. The van der Waals surface area contributed by atoms with Crippen LogP contribution in [0, 0.1) is 11.3 Å². The van der Waals surface area contributed by atoms with Crippen LogP contribution in [-0.2, 0) is 19.5 Å². The molecule has 2 aromatic carbocycles. The van der Waals surface area contributed by atoms with Crippen molar-refractivity contribution in [3.05, 3.63) is 65.9 Å². The lowest BCUT2D eigenvalue weighted by Crippen LogP contribution is -2.13. The zero-order valence-corrected chi connectivity index (χ0v) is 16.1. The molecule has 4 aromatic rings. The molecule has 144 valence electrons. The van der Waals surface area contributed by atoms with Crippen LogP contribution in [0.1, 0.15) is 29.3 Å². The number of hydrogen-bond donors (Lipinski definition) is 0. The Kier molecular flexibility index (Phi) is 5.16. The maximum atomic E-state index is 12.9. The maximum absolute atomic E-state index is 12.9. The smallest absolute Gasteiger partial charge is 0.204 e. The standard InChI is InChI=1S/C22H20N6O/c1-2-16-8-10-17(11-9-16)22-24-26-28(25-22)15-21(29)19-14-27(13-5-12-23)20-7-4-3-6-18(19)20/h3-4,6-11,14H,2,5,13,15H2,1H3. The van der Waals surface area contributed by atoms with Gasteiger partial charge in [-0.2, -0.15) is 10.1 Å². The van der Waals surface area contributed by atoms with Crippen LogP contribution in [0.3, 0.4) is 0 Å². The van der Waals surface area contributed by atoms with Crippen molar-refractivity contribution in [3.63, 3.8) is 0 Å². The van der Waals surface area contributed by atoms with E-state index in [4.69, 9.17) is 5.26 Å². The van der Waals surface area contributed by atoms with Gasteiger partial charge in [-0.05, 0) is 23.3 Å². The molecule has 0 atom stereocenters. The number of nitrogens with zero attached hydrogens (tertiary/aromatic N) is 6. The molecule has 0 aliphatic rings. The zero-order chi connectivity index (χ0) is 20.2. The summed E-state index contributed by atoms with van der Waals surface area (Å²) in [7, 11) is 0. The van der Waals surface area contributed by atoms with Crippen molar-refractivity contribution in [3.8, 4) is 17.5 Å². The van der Waals surface area contributed by atoms with Gasteiger partial charge in [-0.3, -0.25) is 4.79 Å². The van der Waals surface area contributed by atoms with Crippen LogP contribution in [0.5, 0.6) is 0 Å².